The van der Waals surface area contributed by atoms with Crippen molar-refractivity contribution in [2.45, 2.75) is 19.8 Å². The third-order valence-corrected chi connectivity index (χ3v) is 4.98. The number of imidazole rings is 1. The van der Waals surface area contributed by atoms with Gasteiger partial charge < -0.3 is 9.30 Å². The average Bonchev–Trinajstić information content (AvgIpc) is 3.08. The van der Waals surface area contributed by atoms with E-state index in [1.54, 1.807) is 13.1 Å². The lowest BCUT2D eigenvalue weighted by Gasteiger charge is -2.16. The van der Waals surface area contributed by atoms with E-state index in [9.17, 15) is 9.59 Å². The van der Waals surface area contributed by atoms with Crippen molar-refractivity contribution in [2.75, 3.05) is 18.8 Å². The summed E-state index contributed by atoms with van der Waals surface area (Å²) in [5.41, 5.74) is 2.13. The molecular formula is C16H19N3O2S. The Morgan fingerprint density at radius 3 is 3.14 bits per heavy atom. The number of amides is 1. The number of hydrogen-bond donors (Lipinski definition) is 0. The molecule has 1 fully saturated rings. The molecule has 116 valence electrons. The number of likely N-dealkylation sites (tertiary alicyclic amines) is 1. The van der Waals surface area contributed by atoms with E-state index < -0.39 is 0 Å². The van der Waals surface area contributed by atoms with Gasteiger partial charge in [-0.25, -0.2) is 4.98 Å². The normalized spacial score (nSPS) is 18.3. The van der Waals surface area contributed by atoms with E-state index in [-0.39, 0.29) is 11.0 Å². The van der Waals surface area contributed by atoms with Crippen molar-refractivity contribution in [3.05, 3.63) is 36.3 Å². The summed E-state index contributed by atoms with van der Waals surface area (Å²) in [6.45, 7) is 3.08. The van der Waals surface area contributed by atoms with Crippen LogP contribution in [0, 0.1) is 5.92 Å². The Labute approximate surface area is 133 Å². The molecule has 1 aliphatic rings. The topological polar surface area (TPSA) is 54.7 Å². The highest BCUT2D eigenvalue weighted by atomic mass is 32.2. The first-order valence-corrected chi connectivity index (χ1v) is 8.43. The summed E-state index contributed by atoms with van der Waals surface area (Å²) in [6, 6.07) is 4.05. The smallest absolute Gasteiger partial charge is 0.222 e. The summed E-state index contributed by atoms with van der Waals surface area (Å²) in [5, 5.41) is 0.125. The molecule has 0 saturated carbocycles. The van der Waals surface area contributed by atoms with Crippen LogP contribution in [-0.2, 0) is 16.0 Å². The summed E-state index contributed by atoms with van der Waals surface area (Å²) >= 11 is 1.32. The van der Waals surface area contributed by atoms with Gasteiger partial charge in [0.15, 0.2) is 5.12 Å². The minimum Gasteiger partial charge on any atom is -0.342 e. The molecule has 0 aliphatic carbocycles. The summed E-state index contributed by atoms with van der Waals surface area (Å²) in [4.78, 5) is 29.2. The van der Waals surface area contributed by atoms with E-state index in [0.717, 1.165) is 30.9 Å². The second-order valence-electron chi connectivity index (χ2n) is 5.69. The Bertz CT molecular complexity index is 698. The summed E-state index contributed by atoms with van der Waals surface area (Å²) in [7, 11) is 0. The van der Waals surface area contributed by atoms with Gasteiger partial charge in [-0.2, -0.15) is 0 Å². The molecular weight excluding hydrogens is 298 g/mol. The molecule has 3 rings (SSSR count). The van der Waals surface area contributed by atoms with Crippen LogP contribution in [-0.4, -0.2) is 44.1 Å². The van der Waals surface area contributed by atoms with Gasteiger partial charge in [0.1, 0.15) is 5.65 Å². The van der Waals surface area contributed by atoms with Gasteiger partial charge in [-0.3, -0.25) is 9.59 Å². The maximum atomic E-state index is 12.0. The largest absolute Gasteiger partial charge is 0.342 e. The minimum atomic E-state index is 0.125. The third kappa shape index (κ3) is 3.50. The SMILES string of the molecule is CC(=O)SCC1CC(=O)N(CCc2ccc3nccn3c2)C1. The van der Waals surface area contributed by atoms with Crippen molar-refractivity contribution in [1.82, 2.24) is 14.3 Å². The van der Waals surface area contributed by atoms with E-state index in [2.05, 4.69) is 17.2 Å². The highest BCUT2D eigenvalue weighted by Gasteiger charge is 2.29. The van der Waals surface area contributed by atoms with Crippen molar-refractivity contribution in [3.63, 3.8) is 0 Å². The van der Waals surface area contributed by atoms with Crippen LogP contribution in [0.5, 0.6) is 0 Å². The molecule has 1 saturated heterocycles. The van der Waals surface area contributed by atoms with Gasteiger partial charge in [0, 0.05) is 50.8 Å². The zero-order chi connectivity index (χ0) is 15.5. The Morgan fingerprint density at radius 1 is 1.45 bits per heavy atom. The zero-order valence-electron chi connectivity index (χ0n) is 12.6. The molecule has 22 heavy (non-hydrogen) atoms. The monoisotopic (exact) mass is 317 g/mol. The lowest BCUT2D eigenvalue weighted by molar-refractivity contribution is -0.127. The van der Waals surface area contributed by atoms with Crippen LogP contribution in [0.15, 0.2) is 30.7 Å². The Morgan fingerprint density at radius 2 is 2.32 bits per heavy atom. The van der Waals surface area contributed by atoms with E-state index in [0.29, 0.717) is 12.3 Å². The van der Waals surface area contributed by atoms with Gasteiger partial charge in [0.05, 0.1) is 0 Å². The lowest BCUT2D eigenvalue weighted by Crippen LogP contribution is -2.27. The van der Waals surface area contributed by atoms with Crippen molar-refractivity contribution < 1.29 is 9.59 Å². The first-order chi connectivity index (χ1) is 10.6. The molecule has 1 aliphatic heterocycles. The standard InChI is InChI=1S/C16H19N3O2S/c1-12(20)22-11-14-8-16(21)19(10-14)6-4-13-2-3-15-17-5-7-18(15)9-13/h2-3,5,7,9,14H,4,6,8,10-11H2,1H3. The molecule has 0 aromatic carbocycles. The van der Waals surface area contributed by atoms with Crippen LogP contribution >= 0.6 is 11.8 Å². The molecule has 2 aromatic heterocycles. The molecule has 0 spiro atoms. The molecule has 6 heteroatoms. The number of carbonyl (C=O) groups excluding carboxylic acids is 2. The lowest BCUT2D eigenvalue weighted by atomic mass is 10.1. The fourth-order valence-corrected chi connectivity index (χ4v) is 3.49. The number of rotatable bonds is 5. The van der Waals surface area contributed by atoms with Crippen molar-refractivity contribution in [3.8, 4) is 0 Å². The number of pyridine rings is 1. The van der Waals surface area contributed by atoms with Crippen LogP contribution in [0.1, 0.15) is 18.9 Å². The highest BCUT2D eigenvalue weighted by molar-refractivity contribution is 8.13. The van der Waals surface area contributed by atoms with Gasteiger partial charge in [-0.1, -0.05) is 17.8 Å². The first kappa shape index (κ1) is 15.1. The molecule has 1 unspecified atom stereocenters. The van der Waals surface area contributed by atoms with Crippen molar-refractivity contribution >= 4 is 28.4 Å². The number of aromatic nitrogens is 2. The molecule has 1 atom stereocenters. The summed E-state index contributed by atoms with van der Waals surface area (Å²) in [6.07, 6.45) is 7.18. The maximum Gasteiger partial charge on any atom is 0.222 e. The highest BCUT2D eigenvalue weighted by Crippen LogP contribution is 2.22. The van der Waals surface area contributed by atoms with Gasteiger partial charge in [0.25, 0.3) is 0 Å². The third-order valence-electron chi connectivity index (χ3n) is 3.94. The number of fused-ring (bicyclic) bond motifs is 1. The first-order valence-electron chi connectivity index (χ1n) is 7.44. The van der Waals surface area contributed by atoms with Gasteiger partial charge >= 0.3 is 0 Å². The predicted molar refractivity (Wildman–Crippen MR) is 86.7 cm³/mol. The second-order valence-corrected chi connectivity index (χ2v) is 6.89. The molecule has 1 amide bonds. The van der Waals surface area contributed by atoms with Crippen LogP contribution in [0.25, 0.3) is 5.65 Å². The number of thioether (sulfide) groups is 1. The molecule has 3 heterocycles. The minimum absolute atomic E-state index is 0.125. The Hall–Kier alpha value is -1.82. The van der Waals surface area contributed by atoms with Crippen LogP contribution < -0.4 is 0 Å². The van der Waals surface area contributed by atoms with E-state index >= 15 is 0 Å². The average molecular weight is 317 g/mol. The van der Waals surface area contributed by atoms with Crippen molar-refractivity contribution in [1.29, 1.82) is 0 Å². The summed E-state index contributed by atoms with van der Waals surface area (Å²) in [5.74, 6) is 1.26. The van der Waals surface area contributed by atoms with Gasteiger partial charge in [-0.05, 0) is 24.0 Å². The fraction of sp³-hybridized carbons (Fsp3) is 0.438. The van der Waals surface area contributed by atoms with Crippen LogP contribution in [0.2, 0.25) is 0 Å². The maximum absolute atomic E-state index is 12.0. The molecule has 0 bridgehead atoms. The number of hydrogen-bond acceptors (Lipinski definition) is 4. The summed E-state index contributed by atoms with van der Waals surface area (Å²) < 4.78 is 1.99. The van der Waals surface area contributed by atoms with Crippen LogP contribution in [0.3, 0.4) is 0 Å². The second kappa shape index (κ2) is 6.52. The van der Waals surface area contributed by atoms with Gasteiger partial charge in [-0.15, -0.1) is 0 Å². The zero-order valence-corrected chi connectivity index (χ0v) is 13.4. The van der Waals surface area contributed by atoms with Crippen LogP contribution in [0.4, 0.5) is 0 Å². The molecule has 0 N–H and O–H groups in total. The fourth-order valence-electron chi connectivity index (χ4n) is 2.79. The van der Waals surface area contributed by atoms with E-state index in [1.165, 1.54) is 17.3 Å². The van der Waals surface area contributed by atoms with Gasteiger partial charge in [0.2, 0.25) is 5.91 Å². The molecule has 0 radical (unpaired) electrons. The number of carbonyl (C=O) groups is 2. The Balaban J connectivity index is 1.54. The quantitative estimate of drug-likeness (QED) is 0.846. The van der Waals surface area contributed by atoms with Crippen molar-refractivity contribution in [2.24, 2.45) is 5.92 Å². The predicted octanol–water partition coefficient (Wildman–Crippen LogP) is 2.00. The number of nitrogens with zero attached hydrogens (tertiary/aromatic N) is 3. The van der Waals surface area contributed by atoms with E-state index in [4.69, 9.17) is 0 Å². The van der Waals surface area contributed by atoms with E-state index in [1.807, 2.05) is 21.6 Å². The Kier molecular flexibility index (Phi) is 4.47. The molecule has 5 nitrogen and oxygen atoms in total. The molecule has 2 aromatic rings.